The Bertz CT molecular complexity index is 607. The van der Waals surface area contributed by atoms with Crippen LogP contribution in [0.25, 0.3) is 0 Å². The lowest BCUT2D eigenvalue weighted by Gasteiger charge is -2.08. The van der Waals surface area contributed by atoms with E-state index in [1.165, 1.54) is 0 Å². The van der Waals surface area contributed by atoms with Crippen LogP contribution in [0.5, 0.6) is 0 Å². The number of nitrogens with two attached hydrogens (primary N) is 1. The van der Waals surface area contributed by atoms with E-state index in [0.29, 0.717) is 23.7 Å². The highest BCUT2D eigenvalue weighted by Gasteiger charge is 2.05. The summed E-state index contributed by atoms with van der Waals surface area (Å²) < 4.78 is 5.03. The van der Waals surface area contributed by atoms with Gasteiger partial charge in [0.2, 0.25) is 11.8 Å². The van der Waals surface area contributed by atoms with Crippen molar-refractivity contribution in [1.29, 1.82) is 0 Å². The van der Waals surface area contributed by atoms with Crippen LogP contribution in [0.1, 0.15) is 33.2 Å². The third kappa shape index (κ3) is 3.64. The zero-order chi connectivity index (χ0) is 14.5. The topological polar surface area (TPSA) is 94.0 Å². The fourth-order valence-electron chi connectivity index (χ4n) is 1.91. The summed E-state index contributed by atoms with van der Waals surface area (Å²) in [6.07, 6.45) is 0.694. The minimum Gasteiger partial charge on any atom is -0.366 e. The second-order valence-electron chi connectivity index (χ2n) is 4.67. The van der Waals surface area contributed by atoms with Crippen molar-refractivity contribution >= 4 is 5.91 Å². The SMILES string of the molecule is Cc1noc(CCNCc2ccc(C(N)=O)cc2C)n1. The molecule has 1 amide bonds. The van der Waals surface area contributed by atoms with Crippen LogP contribution >= 0.6 is 0 Å². The number of aryl methyl sites for hydroxylation is 2. The summed E-state index contributed by atoms with van der Waals surface area (Å²) >= 11 is 0. The van der Waals surface area contributed by atoms with Gasteiger partial charge in [-0.2, -0.15) is 4.98 Å². The molecule has 0 radical (unpaired) electrons. The lowest BCUT2D eigenvalue weighted by molar-refractivity contribution is 0.1000. The second-order valence-corrected chi connectivity index (χ2v) is 4.67. The summed E-state index contributed by atoms with van der Waals surface area (Å²) in [5.41, 5.74) is 7.96. The van der Waals surface area contributed by atoms with Crippen LogP contribution in [-0.2, 0) is 13.0 Å². The summed E-state index contributed by atoms with van der Waals surface area (Å²) in [6, 6.07) is 5.47. The normalized spacial score (nSPS) is 10.7. The molecule has 0 aliphatic heterocycles. The molecule has 1 aromatic carbocycles. The summed E-state index contributed by atoms with van der Waals surface area (Å²) in [4.78, 5) is 15.2. The van der Waals surface area contributed by atoms with Crippen molar-refractivity contribution in [2.45, 2.75) is 26.8 Å². The first kappa shape index (κ1) is 14.2. The van der Waals surface area contributed by atoms with E-state index >= 15 is 0 Å². The lowest BCUT2D eigenvalue weighted by Crippen LogP contribution is -2.18. The number of benzene rings is 1. The molecule has 0 bridgehead atoms. The molecule has 0 unspecified atom stereocenters. The monoisotopic (exact) mass is 274 g/mol. The first-order valence-corrected chi connectivity index (χ1v) is 6.45. The summed E-state index contributed by atoms with van der Waals surface area (Å²) in [5.74, 6) is 0.882. The average Bonchev–Trinajstić information content (AvgIpc) is 2.81. The maximum absolute atomic E-state index is 11.1. The van der Waals surface area contributed by atoms with E-state index in [2.05, 4.69) is 15.5 Å². The fourth-order valence-corrected chi connectivity index (χ4v) is 1.91. The van der Waals surface area contributed by atoms with E-state index in [1.54, 1.807) is 19.1 Å². The Balaban J connectivity index is 1.83. The molecule has 0 spiro atoms. The molecule has 1 aromatic heterocycles. The minimum atomic E-state index is -0.403. The Morgan fingerprint density at radius 3 is 2.80 bits per heavy atom. The molecule has 3 N–H and O–H groups in total. The van der Waals surface area contributed by atoms with Gasteiger partial charge in [-0.05, 0) is 37.1 Å². The highest BCUT2D eigenvalue weighted by molar-refractivity contribution is 5.93. The van der Waals surface area contributed by atoms with E-state index in [0.717, 1.165) is 24.2 Å². The molecule has 0 aliphatic carbocycles. The van der Waals surface area contributed by atoms with Crippen LogP contribution in [0, 0.1) is 13.8 Å². The fraction of sp³-hybridized carbons (Fsp3) is 0.357. The van der Waals surface area contributed by atoms with Gasteiger partial charge in [-0.1, -0.05) is 11.2 Å². The highest BCUT2D eigenvalue weighted by atomic mass is 16.5. The van der Waals surface area contributed by atoms with Crippen LogP contribution < -0.4 is 11.1 Å². The van der Waals surface area contributed by atoms with Gasteiger partial charge in [0.05, 0.1) is 0 Å². The summed E-state index contributed by atoms with van der Waals surface area (Å²) in [6.45, 7) is 5.23. The maximum atomic E-state index is 11.1. The van der Waals surface area contributed by atoms with Gasteiger partial charge < -0.3 is 15.6 Å². The molecular formula is C14H18N4O2. The van der Waals surface area contributed by atoms with E-state index < -0.39 is 5.91 Å². The van der Waals surface area contributed by atoms with Gasteiger partial charge >= 0.3 is 0 Å². The number of carbonyl (C=O) groups excluding carboxylic acids is 1. The van der Waals surface area contributed by atoms with Gasteiger partial charge in [0.15, 0.2) is 5.82 Å². The van der Waals surface area contributed by atoms with Crippen molar-refractivity contribution in [3.8, 4) is 0 Å². The summed E-state index contributed by atoms with van der Waals surface area (Å²) in [5, 5.41) is 7.04. The van der Waals surface area contributed by atoms with Crippen molar-refractivity contribution in [3.05, 3.63) is 46.6 Å². The van der Waals surface area contributed by atoms with Gasteiger partial charge in [0.1, 0.15) is 0 Å². The quantitative estimate of drug-likeness (QED) is 0.770. The number of rotatable bonds is 6. The first-order chi connectivity index (χ1) is 9.56. The Labute approximate surface area is 117 Å². The van der Waals surface area contributed by atoms with Gasteiger partial charge in [0, 0.05) is 25.1 Å². The maximum Gasteiger partial charge on any atom is 0.248 e. The number of nitrogens with one attached hydrogen (secondary N) is 1. The molecule has 20 heavy (non-hydrogen) atoms. The molecule has 0 atom stereocenters. The predicted molar refractivity (Wildman–Crippen MR) is 74.1 cm³/mol. The number of amides is 1. The van der Waals surface area contributed by atoms with Crippen molar-refractivity contribution in [1.82, 2.24) is 15.5 Å². The standard InChI is InChI=1S/C14H18N4O2/c1-9-7-11(14(15)19)3-4-12(9)8-16-6-5-13-17-10(2)18-20-13/h3-4,7,16H,5-6,8H2,1-2H3,(H2,15,19). The number of carbonyl (C=O) groups is 1. The number of hydrogen-bond donors (Lipinski definition) is 2. The molecule has 6 heteroatoms. The van der Waals surface area contributed by atoms with Crippen molar-refractivity contribution in [2.24, 2.45) is 5.73 Å². The van der Waals surface area contributed by atoms with Gasteiger partial charge in [0.25, 0.3) is 0 Å². The number of aromatic nitrogens is 2. The van der Waals surface area contributed by atoms with Gasteiger partial charge in [-0.15, -0.1) is 0 Å². The molecule has 2 rings (SSSR count). The van der Waals surface area contributed by atoms with Crippen LogP contribution in [0.3, 0.4) is 0 Å². The van der Waals surface area contributed by atoms with E-state index in [4.69, 9.17) is 10.3 Å². The smallest absolute Gasteiger partial charge is 0.248 e. The Kier molecular flexibility index (Phi) is 4.47. The molecule has 0 saturated heterocycles. The molecule has 6 nitrogen and oxygen atoms in total. The van der Waals surface area contributed by atoms with Gasteiger partial charge in [-0.25, -0.2) is 0 Å². The molecule has 1 heterocycles. The van der Waals surface area contributed by atoms with Crippen molar-refractivity contribution in [3.63, 3.8) is 0 Å². The van der Waals surface area contributed by atoms with Crippen LogP contribution in [0.2, 0.25) is 0 Å². The number of primary amides is 1. The Hall–Kier alpha value is -2.21. The Morgan fingerprint density at radius 2 is 2.20 bits per heavy atom. The highest BCUT2D eigenvalue weighted by Crippen LogP contribution is 2.10. The Morgan fingerprint density at radius 1 is 1.40 bits per heavy atom. The third-order valence-corrected chi connectivity index (χ3v) is 3.03. The molecule has 0 saturated carbocycles. The largest absolute Gasteiger partial charge is 0.366 e. The first-order valence-electron chi connectivity index (χ1n) is 6.45. The van der Waals surface area contributed by atoms with Crippen molar-refractivity contribution < 1.29 is 9.32 Å². The van der Waals surface area contributed by atoms with E-state index in [1.807, 2.05) is 13.0 Å². The summed E-state index contributed by atoms with van der Waals surface area (Å²) in [7, 11) is 0. The zero-order valence-electron chi connectivity index (χ0n) is 11.6. The van der Waals surface area contributed by atoms with Crippen LogP contribution in [0.4, 0.5) is 0 Å². The molecule has 106 valence electrons. The number of nitrogens with zero attached hydrogens (tertiary/aromatic N) is 2. The third-order valence-electron chi connectivity index (χ3n) is 3.03. The van der Waals surface area contributed by atoms with Gasteiger partial charge in [-0.3, -0.25) is 4.79 Å². The average molecular weight is 274 g/mol. The molecule has 2 aromatic rings. The molecular weight excluding hydrogens is 256 g/mol. The lowest BCUT2D eigenvalue weighted by atomic mass is 10.0. The zero-order valence-corrected chi connectivity index (χ0v) is 11.6. The van der Waals surface area contributed by atoms with Crippen LogP contribution in [-0.4, -0.2) is 22.6 Å². The molecule has 0 fully saturated rings. The second kappa shape index (κ2) is 6.29. The number of hydrogen-bond acceptors (Lipinski definition) is 5. The minimum absolute atomic E-state index is 0.403. The molecule has 0 aliphatic rings. The predicted octanol–water partition coefficient (Wildman–Crippen LogP) is 1.12. The van der Waals surface area contributed by atoms with Crippen LogP contribution in [0.15, 0.2) is 22.7 Å². The van der Waals surface area contributed by atoms with Crippen molar-refractivity contribution in [2.75, 3.05) is 6.54 Å². The van der Waals surface area contributed by atoms with E-state index in [-0.39, 0.29) is 0 Å². The van der Waals surface area contributed by atoms with E-state index in [9.17, 15) is 4.79 Å².